The number of carbonyl (C=O) groups excluding carboxylic acids is 1. The van der Waals surface area contributed by atoms with Gasteiger partial charge in [-0.2, -0.15) is 0 Å². The van der Waals surface area contributed by atoms with Gasteiger partial charge in [0.1, 0.15) is 18.1 Å². The standard InChI is InChI=1S/C22H23NO3/c1-3-16-8-10-19(11-9-16)26-13-12-23-22(24)20-14-17-6-4-5-7-18(17)15-21(20)25-2/h4-11,14-15H,3,12-13H2,1-2H3,(H,23,24). The highest BCUT2D eigenvalue weighted by atomic mass is 16.5. The van der Waals surface area contributed by atoms with Gasteiger partial charge < -0.3 is 14.8 Å². The molecule has 0 fully saturated rings. The molecule has 0 aliphatic rings. The molecule has 1 N–H and O–H groups in total. The van der Waals surface area contributed by atoms with Crippen molar-refractivity contribution in [1.82, 2.24) is 5.32 Å². The lowest BCUT2D eigenvalue weighted by Gasteiger charge is -2.12. The van der Waals surface area contributed by atoms with Crippen molar-refractivity contribution in [1.29, 1.82) is 0 Å². The molecule has 0 spiro atoms. The summed E-state index contributed by atoms with van der Waals surface area (Å²) in [6.45, 7) is 2.95. The summed E-state index contributed by atoms with van der Waals surface area (Å²) in [5, 5.41) is 4.93. The summed E-state index contributed by atoms with van der Waals surface area (Å²) in [5.41, 5.74) is 1.80. The van der Waals surface area contributed by atoms with E-state index in [1.54, 1.807) is 7.11 Å². The summed E-state index contributed by atoms with van der Waals surface area (Å²) >= 11 is 0. The van der Waals surface area contributed by atoms with Crippen LogP contribution in [0.25, 0.3) is 10.8 Å². The second kappa shape index (κ2) is 8.39. The van der Waals surface area contributed by atoms with E-state index in [0.717, 1.165) is 22.9 Å². The van der Waals surface area contributed by atoms with Gasteiger partial charge >= 0.3 is 0 Å². The molecule has 0 aliphatic carbocycles. The zero-order valence-electron chi connectivity index (χ0n) is 15.1. The minimum Gasteiger partial charge on any atom is -0.496 e. The van der Waals surface area contributed by atoms with Crippen LogP contribution in [0.2, 0.25) is 0 Å². The molecule has 0 saturated carbocycles. The topological polar surface area (TPSA) is 47.6 Å². The van der Waals surface area contributed by atoms with Gasteiger partial charge in [0.25, 0.3) is 5.91 Å². The Labute approximate surface area is 153 Å². The van der Waals surface area contributed by atoms with E-state index in [9.17, 15) is 4.79 Å². The molecule has 0 saturated heterocycles. The van der Waals surface area contributed by atoms with Crippen molar-refractivity contribution >= 4 is 16.7 Å². The first-order valence-electron chi connectivity index (χ1n) is 8.78. The molecular weight excluding hydrogens is 326 g/mol. The van der Waals surface area contributed by atoms with Crippen molar-refractivity contribution in [3.8, 4) is 11.5 Å². The number of hydrogen-bond donors (Lipinski definition) is 1. The second-order valence-corrected chi connectivity index (χ2v) is 6.00. The van der Waals surface area contributed by atoms with Crippen LogP contribution < -0.4 is 14.8 Å². The molecule has 0 unspecified atom stereocenters. The third-order valence-corrected chi connectivity index (χ3v) is 4.30. The van der Waals surface area contributed by atoms with Crippen LogP contribution in [0, 0.1) is 0 Å². The fraction of sp³-hybridized carbons (Fsp3) is 0.227. The molecule has 26 heavy (non-hydrogen) atoms. The van der Waals surface area contributed by atoms with Gasteiger partial charge in [0.05, 0.1) is 19.2 Å². The average Bonchev–Trinajstić information content (AvgIpc) is 2.70. The van der Waals surface area contributed by atoms with Crippen LogP contribution in [0.5, 0.6) is 11.5 Å². The van der Waals surface area contributed by atoms with Gasteiger partial charge in [0.2, 0.25) is 0 Å². The quantitative estimate of drug-likeness (QED) is 0.650. The molecule has 0 heterocycles. The number of ether oxygens (including phenoxy) is 2. The van der Waals surface area contributed by atoms with Gasteiger partial charge in [-0.1, -0.05) is 43.3 Å². The van der Waals surface area contributed by atoms with Crippen molar-refractivity contribution < 1.29 is 14.3 Å². The number of rotatable bonds is 7. The number of benzene rings is 3. The summed E-state index contributed by atoms with van der Waals surface area (Å²) in [7, 11) is 1.57. The summed E-state index contributed by atoms with van der Waals surface area (Å²) in [6, 6.07) is 19.6. The Morgan fingerprint density at radius 1 is 1.00 bits per heavy atom. The van der Waals surface area contributed by atoms with E-state index in [4.69, 9.17) is 9.47 Å². The molecule has 1 amide bonds. The third-order valence-electron chi connectivity index (χ3n) is 4.30. The highest BCUT2D eigenvalue weighted by Gasteiger charge is 2.13. The van der Waals surface area contributed by atoms with Gasteiger partial charge in [-0.3, -0.25) is 4.79 Å². The summed E-state index contributed by atoms with van der Waals surface area (Å²) in [6.07, 6.45) is 1.00. The molecule has 0 aromatic heterocycles. The number of amides is 1. The highest BCUT2D eigenvalue weighted by Crippen LogP contribution is 2.25. The predicted molar refractivity (Wildman–Crippen MR) is 104 cm³/mol. The molecule has 134 valence electrons. The molecule has 4 nitrogen and oxygen atoms in total. The minimum absolute atomic E-state index is 0.169. The van der Waals surface area contributed by atoms with E-state index in [2.05, 4.69) is 12.2 Å². The van der Waals surface area contributed by atoms with Crippen molar-refractivity contribution in [3.05, 3.63) is 71.8 Å². The van der Waals surface area contributed by atoms with Crippen LogP contribution in [0.3, 0.4) is 0 Å². The van der Waals surface area contributed by atoms with Crippen LogP contribution in [0.15, 0.2) is 60.7 Å². The lowest BCUT2D eigenvalue weighted by Crippen LogP contribution is -2.28. The van der Waals surface area contributed by atoms with Crippen LogP contribution in [0.4, 0.5) is 0 Å². The normalized spacial score (nSPS) is 10.5. The van der Waals surface area contributed by atoms with Crippen molar-refractivity contribution in [2.24, 2.45) is 0 Å². The Balaban J connectivity index is 1.60. The van der Waals surface area contributed by atoms with Gasteiger partial charge in [-0.05, 0) is 47.0 Å². The van der Waals surface area contributed by atoms with Crippen molar-refractivity contribution in [2.75, 3.05) is 20.3 Å². The largest absolute Gasteiger partial charge is 0.496 e. The van der Waals surface area contributed by atoms with Gasteiger partial charge in [0, 0.05) is 0 Å². The second-order valence-electron chi connectivity index (χ2n) is 6.00. The monoisotopic (exact) mass is 349 g/mol. The van der Waals surface area contributed by atoms with Crippen molar-refractivity contribution in [2.45, 2.75) is 13.3 Å². The lowest BCUT2D eigenvalue weighted by molar-refractivity contribution is 0.0944. The van der Waals surface area contributed by atoms with E-state index < -0.39 is 0 Å². The molecule has 0 radical (unpaired) electrons. The van der Waals surface area contributed by atoms with Gasteiger partial charge in [-0.15, -0.1) is 0 Å². The first kappa shape index (κ1) is 17.8. The Morgan fingerprint density at radius 3 is 2.35 bits per heavy atom. The average molecular weight is 349 g/mol. The van der Waals surface area contributed by atoms with E-state index in [0.29, 0.717) is 24.5 Å². The van der Waals surface area contributed by atoms with Gasteiger partial charge in [-0.25, -0.2) is 0 Å². The maximum atomic E-state index is 12.5. The Kier molecular flexibility index (Phi) is 5.74. The van der Waals surface area contributed by atoms with Crippen molar-refractivity contribution in [3.63, 3.8) is 0 Å². The minimum atomic E-state index is -0.169. The summed E-state index contributed by atoms with van der Waals surface area (Å²) in [4.78, 5) is 12.5. The number of fused-ring (bicyclic) bond motifs is 1. The number of methoxy groups -OCH3 is 1. The van der Waals surface area contributed by atoms with E-state index >= 15 is 0 Å². The maximum Gasteiger partial charge on any atom is 0.255 e. The molecule has 0 bridgehead atoms. The Hall–Kier alpha value is -3.01. The van der Waals surface area contributed by atoms with E-state index in [-0.39, 0.29) is 5.91 Å². The van der Waals surface area contributed by atoms with Gasteiger partial charge in [0.15, 0.2) is 0 Å². The van der Waals surface area contributed by atoms with Crippen LogP contribution >= 0.6 is 0 Å². The Bertz CT molecular complexity index is 888. The van der Waals surface area contributed by atoms with Crippen LogP contribution in [-0.4, -0.2) is 26.2 Å². The molecule has 0 aliphatic heterocycles. The van der Waals surface area contributed by atoms with E-state index in [1.807, 2.05) is 60.7 Å². The zero-order chi connectivity index (χ0) is 18.4. The highest BCUT2D eigenvalue weighted by molar-refractivity contribution is 6.01. The predicted octanol–water partition coefficient (Wildman–Crippen LogP) is 4.22. The van der Waals surface area contributed by atoms with E-state index in [1.165, 1.54) is 5.56 Å². The first-order valence-corrected chi connectivity index (χ1v) is 8.78. The first-order chi connectivity index (χ1) is 12.7. The fourth-order valence-corrected chi connectivity index (χ4v) is 2.82. The molecule has 3 rings (SSSR count). The molecule has 0 atom stereocenters. The van der Waals surface area contributed by atoms with Crippen LogP contribution in [0.1, 0.15) is 22.8 Å². The summed E-state index contributed by atoms with van der Waals surface area (Å²) in [5.74, 6) is 1.20. The number of aryl methyl sites for hydroxylation is 1. The molecule has 4 heteroatoms. The molecule has 3 aromatic rings. The molecule has 3 aromatic carbocycles. The lowest BCUT2D eigenvalue weighted by atomic mass is 10.1. The maximum absolute atomic E-state index is 12.5. The fourth-order valence-electron chi connectivity index (χ4n) is 2.82. The third kappa shape index (κ3) is 4.14. The SMILES string of the molecule is CCc1ccc(OCCNC(=O)c2cc3ccccc3cc2OC)cc1. The number of nitrogens with one attached hydrogen (secondary N) is 1. The summed E-state index contributed by atoms with van der Waals surface area (Å²) < 4.78 is 11.1. The smallest absolute Gasteiger partial charge is 0.255 e. The number of hydrogen-bond acceptors (Lipinski definition) is 3. The molecular formula is C22H23NO3. The zero-order valence-corrected chi connectivity index (χ0v) is 15.1. The Morgan fingerprint density at radius 2 is 1.69 bits per heavy atom. The number of carbonyl (C=O) groups is 1. The van der Waals surface area contributed by atoms with Crippen LogP contribution in [-0.2, 0) is 6.42 Å².